The van der Waals surface area contributed by atoms with Crippen molar-refractivity contribution in [2.75, 3.05) is 24.6 Å². The summed E-state index contributed by atoms with van der Waals surface area (Å²) in [5, 5.41) is 3.98. The van der Waals surface area contributed by atoms with Crippen molar-refractivity contribution in [3.8, 4) is 0 Å². The molecule has 0 radical (unpaired) electrons. The van der Waals surface area contributed by atoms with Crippen LogP contribution in [0.4, 0.5) is 0 Å². The van der Waals surface area contributed by atoms with Crippen LogP contribution in [0.1, 0.15) is 34.8 Å². The van der Waals surface area contributed by atoms with Gasteiger partial charge in [0.2, 0.25) is 11.8 Å². The molecular formula is C10H20CaN2O8S2. The minimum atomic E-state index is -4.30. The Bertz CT molecular complexity index is 661. The van der Waals surface area contributed by atoms with Gasteiger partial charge in [0.25, 0.3) is 0 Å². The van der Waals surface area contributed by atoms with Crippen molar-refractivity contribution in [3.05, 3.63) is 0 Å². The topological polar surface area (TPSA) is 173 Å². The molecule has 0 unspecified atom stereocenters. The smallest absolute Gasteiger partial charge is 0.748 e. The summed E-state index contributed by atoms with van der Waals surface area (Å²) in [6.07, 6.45) is -0.179. The number of amides is 2. The van der Waals surface area contributed by atoms with Gasteiger partial charge in [-0.2, -0.15) is 0 Å². The van der Waals surface area contributed by atoms with E-state index in [1.807, 2.05) is 10.6 Å². The SMILES string of the molecule is [2H]C([2H])([2H])C(=O)NCCCS(=O)(=O)[O-].[2H]C([2H])([2H])C(=O)NCCCS(=O)(=O)[O-].[Ca+2]. The summed E-state index contributed by atoms with van der Waals surface area (Å²) in [4.78, 5) is 21.4. The minimum Gasteiger partial charge on any atom is -0.748 e. The fourth-order valence-corrected chi connectivity index (χ4v) is 1.90. The average Bonchev–Trinajstić information content (AvgIpc) is 2.44. The Morgan fingerprint density at radius 3 is 1.39 bits per heavy atom. The van der Waals surface area contributed by atoms with Crippen molar-refractivity contribution in [1.82, 2.24) is 10.6 Å². The molecule has 0 spiro atoms. The van der Waals surface area contributed by atoms with E-state index in [-0.39, 0.29) is 63.7 Å². The van der Waals surface area contributed by atoms with E-state index in [1.54, 1.807) is 0 Å². The van der Waals surface area contributed by atoms with E-state index in [0.717, 1.165) is 0 Å². The molecule has 10 nitrogen and oxygen atoms in total. The molecular weight excluding hydrogens is 380 g/mol. The maximum absolute atomic E-state index is 10.7. The van der Waals surface area contributed by atoms with E-state index in [1.165, 1.54) is 0 Å². The van der Waals surface area contributed by atoms with Crippen LogP contribution in [0.25, 0.3) is 0 Å². The second-order valence-electron chi connectivity index (χ2n) is 3.74. The number of carbonyl (C=O) groups is 2. The predicted octanol–water partition coefficient (Wildman–Crippen LogP) is -2.27. The van der Waals surface area contributed by atoms with Gasteiger partial charge in [0.05, 0.1) is 20.2 Å². The van der Waals surface area contributed by atoms with E-state index < -0.39 is 57.3 Å². The standard InChI is InChI=1S/2C5H11NO4S.Ca/c2*1-5(7)6-3-2-4-11(8,9)10;/h2*2-4H2,1H3,(H,6,7)(H,8,9,10);/q;;+2/p-2/i2*1D3;. The summed E-state index contributed by atoms with van der Waals surface area (Å²) in [7, 11) is -8.60. The quantitative estimate of drug-likeness (QED) is 0.258. The summed E-state index contributed by atoms with van der Waals surface area (Å²) in [5.41, 5.74) is 0. The molecule has 0 aliphatic heterocycles. The summed E-state index contributed by atoms with van der Waals surface area (Å²) >= 11 is 0. The summed E-state index contributed by atoms with van der Waals surface area (Å²) in [5.74, 6) is -3.54. The van der Waals surface area contributed by atoms with E-state index >= 15 is 0 Å². The Kier molecular flexibility index (Phi) is 10.3. The van der Waals surface area contributed by atoms with Crippen LogP contribution in [0.3, 0.4) is 0 Å². The Morgan fingerprint density at radius 1 is 0.870 bits per heavy atom. The Hall–Kier alpha value is 0.0197. The second kappa shape index (κ2) is 14.4. The van der Waals surface area contributed by atoms with Gasteiger partial charge in [-0.25, -0.2) is 16.8 Å². The maximum Gasteiger partial charge on any atom is 2.00 e. The first-order valence-electron chi connectivity index (χ1n) is 8.69. The molecule has 0 aromatic heterocycles. The van der Waals surface area contributed by atoms with Crippen molar-refractivity contribution in [3.63, 3.8) is 0 Å². The Balaban J connectivity index is -0.000000451. The molecule has 0 saturated carbocycles. The van der Waals surface area contributed by atoms with Crippen molar-refractivity contribution in [2.45, 2.75) is 26.5 Å². The largest absolute Gasteiger partial charge is 2.00 e. The van der Waals surface area contributed by atoms with Gasteiger partial charge in [-0.15, -0.1) is 0 Å². The third-order valence-corrected chi connectivity index (χ3v) is 3.29. The molecule has 0 atom stereocenters. The molecule has 0 heterocycles. The molecule has 0 aromatic carbocycles. The second-order valence-corrected chi connectivity index (χ2v) is 6.79. The molecule has 0 saturated heterocycles. The number of hydrogen-bond donors (Lipinski definition) is 2. The number of hydrogen-bond acceptors (Lipinski definition) is 8. The van der Waals surface area contributed by atoms with Gasteiger partial charge in [0.1, 0.15) is 0 Å². The third kappa shape index (κ3) is 34.4. The van der Waals surface area contributed by atoms with Crippen LogP contribution in [0.15, 0.2) is 0 Å². The summed E-state index contributed by atoms with van der Waals surface area (Å²) in [6.45, 7) is -5.76. The van der Waals surface area contributed by atoms with Crippen molar-refractivity contribution >= 4 is 69.8 Å². The molecule has 0 aliphatic rings. The van der Waals surface area contributed by atoms with E-state index in [4.69, 9.17) is 8.22 Å². The van der Waals surface area contributed by atoms with Crippen molar-refractivity contribution in [1.29, 1.82) is 0 Å². The third-order valence-electron chi connectivity index (χ3n) is 1.71. The van der Waals surface area contributed by atoms with Crippen LogP contribution in [0.2, 0.25) is 0 Å². The van der Waals surface area contributed by atoms with Gasteiger partial charge in [0.15, 0.2) is 0 Å². The van der Waals surface area contributed by atoms with Crippen LogP contribution in [-0.2, 0) is 29.8 Å². The van der Waals surface area contributed by atoms with Crippen LogP contribution in [-0.4, -0.2) is 100 Å². The van der Waals surface area contributed by atoms with Crippen molar-refractivity contribution < 1.29 is 43.8 Å². The van der Waals surface area contributed by atoms with Crippen LogP contribution < -0.4 is 10.6 Å². The molecule has 2 N–H and O–H groups in total. The molecule has 0 aromatic rings. The van der Waals surface area contributed by atoms with E-state index in [2.05, 4.69) is 0 Å². The normalized spacial score (nSPS) is 15.6. The first-order chi connectivity index (χ1) is 12.3. The van der Waals surface area contributed by atoms with Gasteiger partial charge in [-0.1, -0.05) is 0 Å². The maximum atomic E-state index is 10.7. The van der Waals surface area contributed by atoms with E-state index in [9.17, 15) is 35.5 Å². The zero-order valence-electron chi connectivity index (χ0n) is 18.0. The Morgan fingerprint density at radius 2 is 1.17 bits per heavy atom. The molecule has 2 amide bonds. The molecule has 0 fully saturated rings. The first-order valence-corrected chi connectivity index (χ1v) is 8.85. The molecule has 0 rings (SSSR count). The fourth-order valence-electron chi connectivity index (χ4n) is 0.902. The van der Waals surface area contributed by atoms with Crippen LogP contribution >= 0.6 is 0 Å². The number of rotatable bonds is 8. The summed E-state index contributed by atoms with van der Waals surface area (Å²) < 4.78 is 100. The minimum absolute atomic E-state index is 0. The van der Waals surface area contributed by atoms with Crippen molar-refractivity contribution in [2.24, 2.45) is 0 Å². The van der Waals surface area contributed by atoms with Gasteiger partial charge in [-0.3, -0.25) is 9.59 Å². The van der Waals surface area contributed by atoms with Gasteiger partial charge >= 0.3 is 37.7 Å². The number of carbonyl (C=O) groups excluding carboxylic acids is 2. The summed E-state index contributed by atoms with van der Waals surface area (Å²) in [6, 6.07) is 0. The average molecular weight is 407 g/mol. The molecule has 132 valence electrons. The van der Waals surface area contributed by atoms with Gasteiger partial charge in [0, 0.05) is 46.5 Å². The molecule has 0 aliphatic carbocycles. The molecule has 0 bridgehead atoms. The zero-order chi connectivity index (χ0) is 22.8. The monoisotopic (exact) mass is 406 g/mol. The van der Waals surface area contributed by atoms with E-state index in [0.29, 0.717) is 0 Å². The van der Waals surface area contributed by atoms with Gasteiger partial charge < -0.3 is 19.7 Å². The zero-order valence-corrected chi connectivity index (χ0v) is 15.9. The fraction of sp³-hybridized carbons (Fsp3) is 0.800. The Labute approximate surface area is 174 Å². The molecule has 13 heteroatoms. The first kappa shape index (κ1) is 16.5. The van der Waals surface area contributed by atoms with Crippen LogP contribution in [0, 0.1) is 0 Å². The predicted molar refractivity (Wildman–Crippen MR) is 81.5 cm³/mol. The number of nitrogens with one attached hydrogen (secondary N) is 2. The molecule has 23 heavy (non-hydrogen) atoms. The van der Waals surface area contributed by atoms with Crippen LogP contribution in [0.5, 0.6) is 0 Å². The van der Waals surface area contributed by atoms with Gasteiger partial charge in [-0.05, 0) is 12.8 Å².